The van der Waals surface area contributed by atoms with E-state index < -0.39 is 5.97 Å². The lowest BCUT2D eigenvalue weighted by molar-refractivity contribution is -0.364. The molecule has 0 aromatic carbocycles. The third-order valence-corrected chi connectivity index (χ3v) is 4.29. The molecule has 1 unspecified atom stereocenters. The first-order valence-corrected chi connectivity index (χ1v) is 9.47. The molecule has 0 rings (SSSR count). The zero-order valence-electron chi connectivity index (χ0n) is 14.7. The van der Waals surface area contributed by atoms with E-state index in [9.17, 15) is 0 Å². The van der Waals surface area contributed by atoms with E-state index in [1.807, 2.05) is 6.08 Å². The molecule has 1 atom stereocenters. The van der Waals surface area contributed by atoms with Gasteiger partial charge in [-0.1, -0.05) is 59.0 Å². The Morgan fingerprint density at radius 3 is 1.81 bits per heavy atom. The highest BCUT2D eigenvalue weighted by Crippen LogP contribution is 2.30. The van der Waals surface area contributed by atoms with E-state index in [0.29, 0.717) is 23.7 Å². The van der Waals surface area contributed by atoms with Crippen LogP contribution in [0.15, 0.2) is 12.7 Å². The molecule has 0 heterocycles. The summed E-state index contributed by atoms with van der Waals surface area (Å²) < 4.78 is 18.0. The summed E-state index contributed by atoms with van der Waals surface area (Å²) in [4.78, 5) is 0. The highest BCUT2D eigenvalue weighted by Gasteiger charge is 2.39. The summed E-state index contributed by atoms with van der Waals surface area (Å²) in [6.07, 6.45) is 10.8. The van der Waals surface area contributed by atoms with E-state index in [1.54, 1.807) is 0 Å². The van der Waals surface area contributed by atoms with Crippen molar-refractivity contribution >= 4 is 10.5 Å². The number of hydrogen-bond donors (Lipinski definition) is 0. The van der Waals surface area contributed by atoms with Gasteiger partial charge < -0.3 is 13.9 Å². The maximum atomic E-state index is 6.09. The Balaban J connectivity index is 4.67. The summed E-state index contributed by atoms with van der Waals surface area (Å²) >= 11 is 0. The van der Waals surface area contributed by atoms with Crippen LogP contribution in [0.2, 0.25) is 0 Å². The van der Waals surface area contributed by atoms with Crippen molar-refractivity contribution in [3.63, 3.8) is 0 Å². The molecule has 0 N–H and O–H groups in total. The van der Waals surface area contributed by atoms with Crippen LogP contribution in [0.3, 0.4) is 0 Å². The Morgan fingerprint density at radius 2 is 1.48 bits per heavy atom. The number of hydrogen-bond acceptors (Lipinski definition) is 3. The van der Waals surface area contributed by atoms with Crippen molar-refractivity contribution in [2.45, 2.75) is 78.1 Å². The maximum absolute atomic E-state index is 6.09. The minimum Gasteiger partial charge on any atom is -0.380 e. The molecule has 0 aliphatic rings. The van der Waals surface area contributed by atoms with Crippen molar-refractivity contribution in [2.75, 3.05) is 13.2 Å². The molecule has 3 nitrogen and oxygen atoms in total. The number of rotatable bonds is 15. The Kier molecular flexibility index (Phi) is 13.4. The molecule has 21 heavy (non-hydrogen) atoms. The van der Waals surface area contributed by atoms with Crippen LogP contribution in [0, 0.1) is 5.92 Å². The normalized spacial score (nSPS) is 13.5. The fraction of sp³-hybridized carbons (Fsp3) is 0.882. The van der Waals surface area contributed by atoms with Gasteiger partial charge in [-0.2, -0.15) is 0 Å². The minimum absolute atomic E-state index is 0.100. The standard InChI is InChI=1S/C17H36O3Si/c1-5-9-11-14-18-17(20-21,16(8-4)13-7-3)19-15-12-10-6-2/h8,16H,4-7,9-15H2,1-3,21H3. The first-order valence-electron chi connectivity index (χ1n) is 8.66. The van der Waals surface area contributed by atoms with Crippen LogP contribution in [0.4, 0.5) is 0 Å². The molecule has 0 aromatic heterocycles. The summed E-state index contributed by atoms with van der Waals surface area (Å²) in [5, 5.41) is 0. The second-order valence-corrected chi connectivity index (χ2v) is 5.96. The van der Waals surface area contributed by atoms with Gasteiger partial charge in [0.2, 0.25) is 0 Å². The van der Waals surface area contributed by atoms with Crippen molar-refractivity contribution in [2.24, 2.45) is 5.92 Å². The molecule has 126 valence electrons. The van der Waals surface area contributed by atoms with Crippen LogP contribution in [0.5, 0.6) is 0 Å². The Labute approximate surface area is 135 Å². The van der Waals surface area contributed by atoms with Crippen molar-refractivity contribution in [1.82, 2.24) is 0 Å². The maximum Gasteiger partial charge on any atom is 0.279 e. The lowest BCUT2D eigenvalue weighted by Crippen LogP contribution is -2.46. The fourth-order valence-corrected chi connectivity index (χ4v) is 2.95. The van der Waals surface area contributed by atoms with Gasteiger partial charge in [0.1, 0.15) is 0 Å². The first-order chi connectivity index (χ1) is 10.2. The molecular formula is C17H36O3Si. The molecule has 0 fully saturated rings. The van der Waals surface area contributed by atoms with Crippen LogP contribution >= 0.6 is 0 Å². The van der Waals surface area contributed by atoms with Gasteiger partial charge in [0.05, 0.1) is 19.1 Å². The second-order valence-electron chi connectivity index (χ2n) is 5.55. The van der Waals surface area contributed by atoms with Gasteiger partial charge in [-0.15, -0.1) is 6.58 Å². The molecule has 0 aliphatic carbocycles. The minimum atomic E-state index is -0.897. The van der Waals surface area contributed by atoms with Gasteiger partial charge >= 0.3 is 0 Å². The zero-order valence-corrected chi connectivity index (χ0v) is 16.7. The molecule has 0 aromatic rings. The van der Waals surface area contributed by atoms with Crippen LogP contribution in [0.25, 0.3) is 0 Å². The van der Waals surface area contributed by atoms with Crippen molar-refractivity contribution in [3.8, 4) is 0 Å². The zero-order chi connectivity index (χ0) is 16.0. The lowest BCUT2D eigenvalue weighted by atomic mass is 10.0. The van der Waals surface area contributed by atoms with E-state index in [1.165, 1.54) is 25.7 Å². The third-order valence-electron chi connectivity index (χ3n) is 3.73. The molecular weight excluding hydrogens is 280 g/mol. The molecule has 0 amide bonds. The summed E-state index contributed by atoms with van der Waals surface area (Å²) in [6.45, 7) is 11.9. The Morgan fingerprint density at radius 1 is 0.952 bits per heavy atom. The van der Waals surface area contributed by atoms with E-state index in [4.69, 9.17) is 13.9 Å². The molecule has 4 heteroatoms. The molecule has 0 bridgehead atoms. The monoisotopic (exact) mass is 316 g/mol. The average molecular weight is 317 g/mol. The van der Waals surface area contributed by atoms with Gasteiger partial charge in [0.25, 0.3) is 5.97 Å². The highest BCUT2D eigenvalue weighted by atomic mass is 28.2. The quantitative estimate of drug-likeness (QED) is 0.198. The molecule has 0 radical (unpaired) electrons. The summed E-state index contributed by atoms with van der Waals surface area (Å²) in [5.74, 6) is -0.797. The fourth-order valence-electron chi connectivity index (χ4n) is 2.41. The van der Waals surface area contributed by atoms with Gasteiger partial charge in [-0.25, -0.2) is 0 Å². The summed E-state index contributed by atoms with van der Waals surface area (Å²) in [6, 6.07) is 0. The van der Waals surface area contributed by atoms with Crippen LogP contribution in [-0.4, -0.2) is 29.7 Å². The van der Waals surface area contributed by atoms with Gasteiger partial charge in [0.15, 0.2) is 10.5 Å². The Bertz CT molecular complexity index is 234. The second kappa shape index (κ2) is 13.5. The van der Waals surface area contributed by atoms with Crippen molar-refractivity contribution in [3.05, 3.63) is 12.7 Å². The summed E-state index contributed by atoms with van der Waals surface area (Å²) in [7, 11) is 0.596. The molecule has 0 saturated heterocycles. The average Bonchev–Trinajstić information content (AvgIpc) is 2.51. The van der Waals surface area contributed by atoms with Crippen molar-refractivity contribution in [1.29, 1.82) is 0 Å². The lowest BCUT2D eigenvalue weighted by Gasteiger charge is -2.38. The smallest absolute Gasteiger partial charge is 0.279 e. The predicted octanol–water partition coefficient (Wildman–Crippen LogP) is 3.95. The molecule has 0 spiro atoms. The summed E-state index contributed by atoms with van der Waals surface area (Å²) in [5.41, 5.74) is 0. The van der Waals surface area contributed by atoms with Gasteiger partial charge in [-0.3, -0.25) is 0 Å². The topological polar surface area (TPSA) is 27.7 Å². The van der Waals surface area contributed by atoms with Crippen LogP contribution in [-0.2, 0) is 13.9 Å². The van der Waals surface area contributed by atoms with E-state index in [0.717, 1.165) is 25.7 Å². The van der Waals surface area contributed by atoms with E-state index in [-0.39, 0.29) is 5.92 Å². The van der Waals surface area contributed by atoms with Crippen LogP contribution < -0.4 is 0 Å². The van der Waals surface area contributed by atoms with E-state index in [2.05, 4.69) is 27.4 Å². The SMILES string of the molecule is C=CC(CCC)C(O[SiH3])(OCCCCC)OCCCCC. The predicted molar refractivity (Wildman–Crippen MR) is 93.3 cm³/mol. The van der Waals surface area contributed by atoms with Gasteiger partial charge in [-0.05, 0) is 19.3 Å². The van der Waals surface area contributed by atoms with Crippen molar-refractivity contribution < 1.29 is 13.9 Å². The largest absolute Gasteiger partial charge is 0.380 e. The molecule has 0 saturated carbocycles. The Hall–Kier alpha value is -0.163. The van der Waals surface area contributed by atoms with E-state index >= 15 is 0 Å². The number of ether oxygens (including phenoxy) is 2. The first kappa shape index (κ1) is 20.8. The number of unbranched alkanes of at least 4 members (excludes halogenated alkanes) is 4. The third kappa shape index (κ3) is 8.14. The van der Waals surface area contributed by atoms with Crippen LogP contribution in [0.1, 0.15) is 72.1 Å². The van der Waals surface area contributed by atoms with Gasteiger partial charge in [0, 0.05) is 0 Å². The molecule has 0 aliphatic heterocycles. The highest BCUT2D eigenvalue weighted by molar-refractivity contribution is 5.98.